The zero-order valence-electron chi connectivity index (χ0n) is 9.18. The van der Waals surface area contributed by atoms with Gasteiger partial charge >= 0.3 is 0 Å². The summed E-state index contributed by atoms with van der Waals surface area (Å²) in [5.74, 6) is -1.91. The normalized spacial score (nSPS) is 12.8. The fourth-order valence-corrected chi connectivity index (χ4v) is 3.62. The SMILES string of the molecule is Cc1ccc(C(O)c2cc(Br)c(Br)s2)c(F)c1F. The molecule has 18 heavy (non-hydrogen) atoms. The van der Waals surface area contributed by atoms with Crippen molar-refractivity contribution in [2.24, 2.45) is 0 Å². The van der Waals surface area contributed by atoms with Crippen molar-refractivity contribution in [3.8, 4) is 0 Å². The second-order valence-corrected chi connectivity index (χ2v) is 7.03. The van der Waals surface area contributed by atoms with Gasteiger partial charge in [0, 0.05) is 14.9 Å². The molecule has 2 rings (SSSR count). The third-order valence-corrected chi connectivity index (χ3v) is 5.84. The number of rotatable bonds is 2. The molecule has 1 nitrogen and oxygen atoms in total. The van der Waals surface area contributed by atoms with Crippen molar-refractivity contribution in [1.82, 2.24) is 0 Å². The van der Waals surface area contributed by atoms with Gasteiger partial charge in [-0.3, -0.25) is 0 Å². The molecule has 0 radical (unpaired) electrons. The highest BCUT2D eigenvalue weighted by Crippen LogP contribution is 2.38. The molecule has 96 valence electrons. The Hall–Kier alpha value is -0.300. The van der Waals surface area contributed by atoms with Crippen LogP contribution in [0.5, 0.6) is 0 Å². The van der Waals surface area contributed by atoms with Gasteiger partial charge in [0.05, 0.1) is 3.79 Å². The van der Waals surface area contributed by atoms with Gasteiger partial charge in [0.25, 0.3) is 0 Å². The van der Waals surface area contributed by atoms with Crippen LogP contribution in [0.4, 0.5) is 8.78 Å². The third kappa shape index (κ3) is 2.52. The molecule has 0 aliphatic carbocycles. The van der Waals surface area contributed by atoms with Crippen LogP contribution in [0, 0.1) is 18.6 Å². The molecule has 0 saturated carbocycles. The lowest BCUT2D eigenvalue weighted by atomic mass is 10.0. The Morgan fingerprint density at radius 3 is 2.44 bits per heavy atom. The summed E-state index contributed by atoms with van der Waals surface area (Å²) < 4.78 is 28.8. The molecule has 0 spiro atoms. The highest BCUT2D eigenvalue weighted by atomic mass is 79.9. The number of aliphatic hydroxyl groups is 1. The first-order valence-corrected chi connectivity index (χ1v) is 7.39. The van der Waals surface area contributed by atoms with Crippen LogP contribution in [0.15, 0.2) is 26.5 Å². The third-order valence-electron chi connectivity index (χ3n) is 2.53. The molecule has 1 atom stereocenters. The molecular weight excluding hydrogens is 390 g/mol. The highest BCUT2D eigenvalue weighted by Gasteiger charge is 2.21. The van der Waals surface area contributed by atoms with Crippen LogP contribution in [0.2, 0.25) is 0 Å². The number of aliphatic hydroxyl groups excluding tert-OH is 1. The van der Waals surface area contributed by atoms with E-state index < -0.39 is 17.7 Å². The van der Waals surface area contributed by atoms with Crippen molar-refractivity contribution >= 4 is 43.2 Å². The molecule has 6 heteroatoms. The van der Waals surface area contributed by atoms with Crippen molar-refractivity contribution in [2.75, 3.05) is 0 Å². The maximum absolute atomic E-state index is 13.8. The number of hydrogen-bond donors (Lipinski definition) is 1. The number of halogens is 4. The van der Waals surface area contributed by atoms with Gasteiger partial charge in [0.2, 0.25) is 0 Å². The summed E-state index contributed by atoms with van der Waals surface area (Å²) in [6.45, 7) is 1.48. The van der Waals surface area contributed by atoms with E-state index in [1.54, 1.807) is 6.07 Å². The molecule has 1 aromatic carbocycles. The summed E-state index contributed by atoms with van der Waals surface area (Å²) in [5.41, 5.74) is 0.163. The van der Waals surface area contributed by atoms with Crippen molar-refractivity contribution in [1.29, 1.82) is 0 Å². The molecule has 0 saturated heterocycles. The maximum atomic E-state index is 13.8. The van der Waals surface area contributed by atoms with E-state index in [-0.39, 0.29) is 11.1 Å². The van der Waals surface area contributed by atoms with Crippen molar-refractivity contribution in [3.63, 3.8) is 0 Å². The quantitative estimate of drug-likeness (QED) is 0.760. The zero-order valence-corrected chi connectivity index (χ0v) is 13.2. The molecule has 0 aliphatic heterocycles. The smallest absolute Gasteiger partial charge is 0.165 e. The van der Waals surface area contributed by atoms with Crippen LogP contribution in [-0.4, -0.2) is 5.11 Å². The second kappa shape index (κ2) is 5.36. The lowest BCUT2D eigenvalue weighted by Gasteiger charge is -2.11. The topological polar surface area (TPSA) is 20.2 Å². The van der Waals surface area contributed by atoms with Gasteiger partial charge < -0.3 is 5.11 Å². The van der Waals surface area contributed by atoms with Gasteiger partial charge in [-0.25, -0.2) is 8.78 Å². The summed E-state index contributed by atoms with van der Waals surface area (Å²) in [4.78, 5) is 0.538. The highest BCUT2D eigenvalue weighted by molar-refractivity contribution is 9.13. The van der Waals surface area contributed by atoms with Crippen molar-refractivity contribution in [2.45, 2.75) is 13.0 Å². The van der Waals surface area contributed by atoms with Crippen LogP contribution < -0.4 is 0 Å². The lowest BCUT2D eigenvalue weighted by molar-refractivity contribution is 0.217. The summed E-state index contributed by atoms with van der Waals surface area (Å²) in [5, 5.41) is 10.1. The van der Waals surface area contributed by atoms with Crippen LogP contribution in [0.3, 0.4) is 0 Å². The number of aryl methyl sites for hydroxylation is 1. The van der Waals surface area contributed by atoms with Gasteiger partial charge in [-0.1, -0.05) is 12.1 Å². The Morgan fingerprint density at radius 1 is 1.22 bits per heavy atom. The van der Waals surface area contributed by atoms with E-state index in [1.807, 2.05) is 0 Å². The van der Waals surface area contributed by atoms with E-state index in [1.165, 1.54) is 30.4 Å². The van der Waals surface area contributed by atoms with Crippen LogP contribution in [0.25, 0.3) is 0 Å². The van der Waals surface area contributed by atoms with E-state index in [9.17, 15) is 13.9 Å². The summed E-state index contributed by atoms with van der Waals surface area (Å²) in [6, 6.07) is 4.53. The molecule has 1 heterocycles. The molecule has 1 unspecified atom stereocenters. The van der Waals surface area contributed by atoms with Crippen LogP contribution in [-0.2, 0) is 0 Å². The van der Waals surface area contributed by atoms with E-state index in [2.05, 4.69) is 31.9 Å². The van der Waals surface area contributed by atoms with Gasteiger partial charge in [-0.15, -0.1) is 11.3 Å². The first kappa shape index (κ1) is 14.1. The average molecular weight is 398 g/mol. The first-order valence-electron chi connectivity index (χ1n) is 4.99. The first-order chi connectivity index (χ1) is 8.41. The van der Waals surface area contributed by atoms with E-state index >= 15 is 0 Å². The molecule has 1 N–H and O–H groups in total. The summed E-state index contributed by atoms with van der Waals surface area (Å²) in [7, 11) is 0. The number of thiophene rings is 1. The molecule has 1 aromatic heterocycles. The van der Waals surface area contributed by atoms with Gasteiger partial charge in [-0.05, 0) is 50.4 Å². The van der Waals surface area contributed by atoms with Gasteiger partial charge in [-0.2, -0.15) is 0 Å². The van der Waals surface area contributed by atoms with Gasteiger partial charge in [0.15, 0.2) is 11.6 Å². The molecule has 0 bridgehead atoms. The predicted molar refractivity (Wildman–Crippen MR) is 74.9 cm³/mol. The summed E-state index contributed by atoms with van der Waals surface area (Å²) >= 11 is 7.85. The molecule has 2 aromatic rings. The van der Waals surface area contributed by atoms with E-state index in [4.69, 9.17) is 0 Å². The Kier molecular flexibility index (Phi) is 4.21. The minimum atomic E-state index is -1.17. The minimum Gasteiger partial charge on any atom is -0.383 e. The molecule has 0 amide bonds. The van der Waals surface area contributed by atoms with Crippen molar-refractivity contribution < 1.29 is 13.9 Å². The van der Waals surface area contributed by atoms with Crippen LogP contribution in [0.1, 0.15) is 22.1 Å². The standard InChI is InChI=1S/C12H8Br2F2OS/c1-5-2-3-6(10(16)9(5)15)11(17)8-4-7(13)12(14)18-8/h2-4,11,17H,1H3. The van der Waals surface area contributed by atoms with Gasteiger partial charge in [0.1, 0.15) is 6.10 Å². The molecular formula is C12H8Br2F2OS. The fourth-order valence-electron chi connectivity index (χ4n) is 1.52. The number of benzene rings is 1. The molecule has 0 fully saturated rings. The van der Waals surface area contributed by atoms with E-state index in [0.717, 1.165) is 8.26 Å². The van der Waals surface area contributed by atoms with E-state index in [0.29, 0.717) is 4.88 Å². The Morgan fingerprint density at radius 2 is 1.89 bits per heavy atom. The monoisotopic (exact) mass is 396 g/mol. The predicted octanol–water partition coefficient (Wildman–Crippen LogP) is 4.94. The second-order valence-electron chi connectivity index (χ2n) is 3.77. The Labute approximate surface area is 124 Å². The Balaban J connectivity index is 2.46. The Bertz CT molecular complexity index is 579. The average Bonchev–Trinajstić information content (AvgIpc) is 2.66. The minimum absolute atomic E-state index is 0.0562. The largest absolute Gasteiger partial charge is 0.383 e. The summed E-state index contributed by atoms with van der Waals surface area (Å²) in [6.07, 6.45) is -1.17. The maximum Gasteiger partial charge on any atom is 0.165 e. The fraction of sp³-hybridized carbons (Fsp3) is 0.167. The number of hydrogen-bond acceptors (Lipinski definition) is 2. The zero-order chi connectivity index (χ0) is 13.4. The lowest BCUT2D eigenvalue weighted by Crippen LogP contribution is -2.03. The van der Waals surface area contributed by atoms with Crippen molar-refractivity contribution in [3.05, 3.63) is 54.1 Å². The molecule has 0 aliphatic rings. The van der Waals surface area contributed by atoms with Crippen LogP contribution >= 0.6 is 43.2 Å².